The number of nitrogens with one attached hydrogen (secondary N) is 1. The van der Waals surface area contributed by atoms with E-state index < -0.39 is 12.3 Å². The molecule has 0 bridgehead atoms. The molecule has 1 aliphatic carbocycles. The number of aromatic nitrogens is 3. The normalized spacial score (nSPS) is 13.4. The fourth-order valence-corrected chi connectivity index (χ4v) is 3.09. The maximum absolute atomic E-state index is 13.0. The van der Waals surface area contributed by atoms with Crippen molar-refractivity contribution in [3.63, 3.8) is 0 Å². The molecule has 0 saturated carbocycles. The quantitative estimate of drug-likeness (QED) is 0.905. The molecule has 23 heavy (non-hydrogen) atoms. The van der Waals surface area contributed by atoms with Crippen LogP contribution in [0, 0.1) is 0 Å². The molecule has 3 rings (SSSR count). The van der Waals surface area contributed by atoms with Crippen LogP contribution in [0.1, 0.15) is 29.8 Å². The van der Waals surface area contributed by atoms with Crippen LogP contribution in [-0.4, -0.2) is 20.7 Å². The lowest BCUT2D eigenvalue weighted by atomic mass is 10.2. The van der Waals surface area contributed by atoms with Gasteiger partial charge in [0.25, 0.3) is 6.43 Å². The highest BCUT2D eigenvalue weighted by Crippen LogP contribution is 2.31. The number of carbonyl (C=O) groups is 1. The van der Waals surface area contributed by atoms with Crippen molar-refractivity contribution in [3.05, 3.63) is 39.3 Å². The Morgan fingerprint density at radius 1 is 1.39 bits per heavy atom. The molecule has 0 aromatic carbocycles. The van der Waals surface area contributed by atoms with E-state index in [-0.39, 0.29) is 23.1 Å². The molecule has 0 spiro atoms. The number of alkyl halides is 2. The zero-order chi connectivity index (χ0) is 16.6. The fourth-order valence-electron chi connectivity index (χ4n) is 2.66. The molecule has 0 saturated heterocycles. The van der Waals surface area contributed by atoms with Gasteiger partial charge in [0.1, 0.15) is 12.2 Å². The van der Waals surface area contributed by atoms with Crippen LogP contribution in [0.25, 0.3) is 0 Å². The van der Waals surface area contributed by atoms with E-state index >= 15 is 0 Å². The van der Waals surface area contributed by atoms with E-state index in [1.54, 1.807) is 0 Å². The van der Waals surface area contributed by atoms with Crippen molar-refractivity contribution < 1.29 is 13.6 Å². The van der Waals surface area contributed by atoms with Gasteiger partial charge >= 0.3 is 0 Å². The molecule has 0 radical (unpaired) electrons. The Morgan fingerprint density at radius 2 is 2.17 bits per heavy atom. The number of pyridine rings is 1. The van der Waals surface area contributed by atoms with Crippen LogP contribution in [0.3, 0.4) is 0 Å². The molecule has 0 aliphatic heterocycles. The van der Waals surface area contributed by atoms with E-state index in [1.807, 2.05) is 0 Å². The predicted octanol–water partition coefficient (Wildman–Crippen LogP) is 3.65. The third-order valence-corrected chi connectivity index (χ3v) is 4.10. The third-order valence-electron chi connectivity index (χ3n) is 3.60. The Labute approximate surface area is 140 Å². The van der Waals surface area contributed by atoms with Crippen molar-refractivity contribution in [3.8, 4) is 0 Å². The average Bonchev–Trinajstić information content (AvgIpc) is 3.05. The lowest BCUT2D eigenvalue weighted by molar-refractivity contribution is -0.117. The first-order valence-electron chi connectivity index (χ1n) is 6.93. The third kappa shape index (κ3) is 3.30. The maximum atomic E-state index is 13.0. The average molecular weight is 361 g/mol. The maximum Gasteiger partial charge on any atom is 0.282 e. The Kier molecular flexibility index (Phi) is 4.50. The van der Waals surface area contributed by atoms with Gasteiger partial charge in [-0.15, -0.1) is 0 Å². The Bertz CT molecular complexity index is 763. The second-order valence-electron chi connectivity index (χ2n) is 5.15. The number of carbonyl (C=O) groups excluding carboxylic acids is 1. The zero-order valence-electron chi connectivity index (χ0n) is 11.8. The highest BCUT2D eigenvalue weighted by atomic mass is 35.5. The summed E-state index contributed by atoms with van der Waals surface area (Å²) in [7, 11) is 0. The zero-order valence-corrected chi connectivity index (χ0v) is 13.3. The molecule has 2 aromatic rings. The molecule has 1 N–H and O–H groups in total. The molecule has 122 valence electrons. The van der Waals surface area contributed by atoms with Gasteiger partial charge in [-0.3, -0.25) is 9.48 Å². The van der Waals surface area contributed by atoms with Crippen LogP contribution in [0.4, 0.5) is 14.6 Å². The summed E-state index contributed by atoms with van der Waals surface area (Å²) in [6.07, 6.45) is 0.713. The van der Waals surface area contributed by atoms with Crippen molar-refractivity contribution in [1.29, 1.82) is 0 Å². The molecule has 0 unspecified atom stereocenters. The van der Waals surface area contributed by atoms with Gasteiger partial charge in [0.05, 0.1) is 10.0 Å². The lowest BCUT2D eigenvalue weighted by Crippen LogP contribution is -2.21. The molecule has 1 aliphatic rings. The summed E-state index contributed by atoms with van der Waals surface area (Å²) in [5.41, 5.74) is 1.04. The van der Waals surface area contributed by atoms with Gasteiger partial charge in [-0.1, -0.05) is 23.2 Å². The van der Waals surface area contributed by atoms with Crippen LogP contribution < -0.4 is 5.32 Å². The van der Waals surface area contributed by atoms with Gasteiger partial charge in [0.15, 0.2) is 5.82 Å². The van der Waals surface area contributed by atoms with Crippen molar-refractivity contribution in [2.45, 2.75) is 32.2 Å². The number of anilines is 1. The standard InChI is InChI=1S/C14H12Cl2F2N4O/c15-7-4-9(16)14(19-5-7)20-11(23)6-22-10-3-1-2-8(10)12(21-22)13(17)18/h4-5,13H,1-3,6H2,(H,19,20,23). The van der Waals surface area contributed by atoms with Gasteiger partial charge < -0.3 is 5.32 Å². The summed E-state index contributed by atoms with van der Waals surface area (Å²) in [4.78, 5) is 16.0. The molecular weight excluding hydrogens is 349 g/mol. The first-order valence-corrected chi connectivity index (χ1v) is 7.69. The van der Waals surface area contributed by atoms with Gasteiger partial charge in [0.2, 0.25) is 5.91 Å². The molecule has 2 aromatic heterocycles. The number of hydrogen-bond acceptors (Lipinski definition) is 3. The second kappa shape index (κ2) is 6.41. The van der Waals surface area contributed by atoms with Crippen LogP contribution >= 0.6 is 23.2 Å². The predicted molar refractivity (Wildman–Crippen MR) is 82.1 cm³/mol. The molecule has 1 amide bonds. The van der Waals surface area contributed by atoms with E-state index in [9.17, 15) is 13.6 Å². The van der Waals surface area contributed by atoms with Crippen molar-refractivity contribution in [2.24, 2.45) is 0 Å². The molecular formula is C14H12Cl2F2N4O. The summed E-state index contributed by atoms with van der Waals surface area (Å²) >= 11 is 11.7. The summed E-state index contributed by atoms with van der Waals surface area (Å²) in [6, 6.07) is 1.45. The molecule has 2 heterocycles. The highest BCUT2D eigenvalue weighted by Gasteiger charge is 2.27. The van der Waals surface area contributed by atoms with Gasteiger partial charge in [-0.25, -0.2) is 13.8 Å². The fraction of sp³-hybridized carbons (Fsp3) is 0.357. The van der Waals surface area contributed by atoms with Crippen LogP contribution in [0.2, 0.25) is 10.0 Å². The highest BCUT2D eigenvalue weighted by molar-refractivity contribution is 6.36. The molecule has 5 nitrogen and oxygen atoms in total. The number of nitrogens with zero attached hydrogens (tertiary/aromatic N) is 3. The topological polar surface area (TPSA) is 59.8 Å². The summed E-state index contributed by atoms with van der Waals surface area (Å²) < 4.78 is 27.3. The van der Waals surface area contributed by atoms with E-state index in [0.717, 1.165) is 6.42 Å². The Hall–Kier alpha value is -1.73. The molecule has 0 fully saturated rings. The minimum atomic E-state index is -2.64. The monoisotopic (exact) mass is 360 g/mol. The van der Waals surface area contributed by atoms with E-state index in [1.165, 1.54) is 16.9 Å². The number of halogens is 4. The number of rotatable bonds is 4. The van der Waals surface area contributed by atoms with Crippen LogP contribution in [-0.2, 0) is 24.2 Å². The van der Waals surface area contributed by atoms with Gasteiger partial charge in [-0.2, -0.15) is 5.10 Å². The van der Waals surface area contributed by atoms with Gasteiger partial charge in [0, 0.05) is 17.5 Å². The van der Waals surface area contributed by atoms with E-state index in [0.29, 0.717) is 29.1 Å². The Morgan fingerprint density at radius 3 is 2.87 bits per heavy atom. The number of fused-ring (bicyclic) bond motifs is 1. The van der Waals surface area contributed by atoms with Gasteiger partial charge in [-0.05, 0) is 25.3 Å². The SMILES string of the molecule is O=C(Cn1nc(C(F)F)c2c1CCC2)Nc1ncc(Cl)cc1Cl. The minimum absolute atomic E-state index is 0.166. The largest absolute Gasteiger partial charge is 0.308 e. The van der Waals surface area contributed by atoms with Crippen LogP contribution in [0.5, 0.6) is 0 Å². The summed E-state index contributed by atoms with van der Waals surface area (Å²) in [6.45, 7) is -0.171. The number of amides is 1. The van der Waals surface area contributed by atoms with E-state index in [2.05, 4.69) is 15.4 Å². The minimum Gasteiger partial charge on any atom is -0.308 e. The lowest BCUT2D eigenvalue weighted by Gasteiger charge is -2.08. The molecule has 9 heteroatoms. The van der Waals surface area contributed by atoms with E-state index in [4.69, 9.17) is 23.2 Å². The first-order chi connectivity index (χ1) is 11.0. The Balaban J connectivity index is 1.77. The van der Waals surface area contributed by atoms with Crippen LogP contribution in [0.15, 0.2) is 12.3 Å². The number of hydrogen-bond donors (Lipinski definition) is 1. The molecule has 0 atom stereocenters. The smallest absolute Gasteiger partial charge is 0.282 e. The first kappa shape index (κ1) is 16.1. The van der Waals surface area contributed by atoms with Crippen molar-refractivity contribution in [2.75, 3.05) is 5.32 Å². The van der Waals surface area contributed by atoms with Crippen molar-refractivity contribution >= 4 is 34.9 Å². The summed E-state index contributed by atoms with van der Waals surface area (Å²) in [5.74, 6) is -0.279. The second-order valence-corrected chi connectivity index (χ2v) is 6.00. The van der Waals surface area contributed by atoms with Crippen molar-refractivity contribution in [1.82, 2.24) is 14.8 Å². The summed E-state index contributed by atoms with van der Waals surface area (Å²) in [5, 5.41) is 6.95.